The van der Waals surface area contributed by atoms with Crippen molar-refractivity contribution >= 4 is 22.8 Å². The number of carboxylic acids is 1. The smallest absolute Gasteiger partial charge is 0.335 e. The van der Waals surface area contributed by atoms with Gasteiger partial charge in [0.05, 0.1) is 29.4 Å². The van der Waals surface area contributed by atoms with Gasteiger partial charge >= 0.3 is 5.97 Å². The van der Waals surface area contributed by atoms with Crippen LogP contribution >= 0.6 is 0 Å². The molecule has 0 fully saturated rings. The SMILES string of the molecule is O=C(O)c1ccc(CNC(=O)c2cc(-c3cc(F)cc(F)c3)cc3cnn(Cc4ccc(-c5ccccc5)cc4)c23)cc1. The molecular weight excluding hydrogens is 548 g/mol. The zero-order chi connectivity index (χ0) is 29.9. The predicted octanol–water partition coefficient (Wildman–Crippen LogP) is 7.33. The number of aromatic carboxylic acids is 1. The Kier molecular flexibility index (Phi) is 7.49. The number of rotatable bonds is 8. The third kappa shape index (κ3) is 6.04. The number of halogens is 2. The lowest BCUT2D eigenvalue weighted by atomic mass is 9.99. The average Bonchev–Trinajstić information content (AvgIpc) is 3.42. The second kappa shape index (κ2) is 11.7. The van der Waals surface area contributed by atoms with E-state index in [4.69, 9.17) is 5.11 Å². The maximum absolute atomic E-state index is 14.1. The number of carbonyl (C=O) groups is 2. The number of hydrogen-bond donors (Lipinski definition) is 2. The van der Waals surface area contributed by atoms with Gasteiger partial charge < -0.3 is 10.4 Å². The number of benzene rings is 5. The Morgan fingerprint density at radius 1 is 0.721 bits per heavy atom. The quantitative estimate of drug-likeness (QED) is 0.200. The van der Waals surface area contributed by atoms with Crippen LogP contribution < -0.4 is 5.32 Å². The molecule has 0 radical (unpaired) electrons. The molecule has 0 saturated carbocycles. The largest absolute Gasteiger partial charge is 0.478 e. The minimum absolute atomic E-state index is 0.146. The summed E-state index contributed by atoms with van der Waals surface area (Å²) < 4.78 is 29.9. The molecule has 1 heterocycles. The molecule has 2 N–H and O–H groups in total. The Hall–Kier alpha value is -5.63. The van der Waals surface area contributed by atoms with E-state index in [1.54, 1.807) is 35.1 Å². The zero-order valence-electron chi connectivity index (χ0n) is 22.8. The third-order valence-electron chi connectivity index (χ3n) is 7.22. The molecule has 212 valence electrons. The lowest BCUT2D eigenvalue weighted by Crippen LogP contribution is -2.24. The predicted molar refractivity (Wildman–Crippen MR) is 161 cm³/mol. The molecule has 1 amide bonds. The van der Waals surface area contributed by atoms with Crippen molar-refractivity contribution in [3.05, 3.63) is 149 Å². The summed E-state index contributed by atoms with van der Waals surface area (Å²) in [6, 6.07) is 31.0. The van der Waals surface area contributed by atoms with Gasteiger partial charge in [-0.2, -0.15) is 5.10 Å². The van der Waals surface area contributed by atoms with Crippen molar-refractivity contribution in [2.24, 2.45) is 0 Å². The Labute approximate surface area is 245 Å². The maximum atomic E-state index is 14.1. The first kappa shape index (κ1) is 27.5. The van der Waals surface area contributed by atoms with Crippen LogP contribution in [0.2, 0.25) is 0 Å². The Morgan fingerprint density at radius 3 is 2.02 bits per heavy atom. The van der Waals surface area contributed by atoms with E-state index in [-0.39, 0.29) is 17.7 Å². The highest BCUT2D eigenvalue weighted by Crippen LogP contribution is 2.30. The first-order valence-corrected chi connectivity index (χ1v) is 13.5. The van der Waals surface area contributed by atoms with E-state index in [0.29, 0.717) is 34.1 Å². The molecule has 6 nitrogen and oxygen atoms in total. The second-order valence-electron chi connectivity index (χ2n) is 10.2. The normalized spacial score (nSPS) is 11.0. The summed E-state index contributed by atoms with van der Waals surface area (Å²) in [6.45, 7) is 0.539. The van der Waals surface area contributed by atoms with E-state index in [2.05, 4.69) is 10.4 Å². The summed E-state index contributed by atoms with van der Waals surface area (Å²) in [5, 5.41) is 17.2. The fraction of sp³-hybridized carbons (Fsp3) is 0.0571. The topological polar surface area (TPSA) is 84.2 Å². The van der Waals surface area contributed by atoms with Crippen LogP contribution in [0, 0.1) is 11.6 Å². The van der Waals surface area contributed by atoms with Crippen LogP contribution in [-0.2, 0) is 13.1 Å². The molecule has 0 unspecified atom stereocenters. The highest BCUT2D eigenvalue weighted by atomic mass is 19.1. The number of amides is 1. The van der Waals surface area contributed by atoms with Crippen molar-refractivity contribution in [1.29, 1.82) is 0 Å². The standard InChI is InChI=1S/C35H25F2N3O3/c36-30-15-28(16-31(37)18-30)27-14-29-20-39-40(21-23-8-10-25(11-9-23)24-4-2-1-3-5-24)33(29)32(17-27)34(41)38-19-22-6-12-26(13-7-22)35(42)43/h1-18,20H,19,21H2,(H,38,41)(H,42,43). The van der Waals surface area contributed by atoms with E-state index in [9.17, 15) is 18.4 Å². The lowest BCUT2D eigenvalue weighted by Gasteiger charge is -2.13. The molecule has 0 aliphatic heterocycles. The summed E-state index contributed by atoms with van der Waals surface area (Å²) in [6.07, 6.45) is 1.63. The zero-order valence-corrected chi connectivity index (χ0v) is 22.8. The molecule has 0 spiro atoms. The van der Waals surface area contributed by atoms with Crippen LogP contribution in [0.5, 0.6) is 0 Å². The number of hydrogen-bond acceptors (Lipinski definition) is 3. The van der Waals surface area contributed by atoms with Crippen LogP contribution in [0.15, 0.2) is 115 Å². The highest BCUT2D eigenvalue weighted by molar-refractivity contribution is 6.07. The molecule has 0 bridgehead atoms. The Bertz CT molecular complexity index is 1930. The second-order valence-corrected chi connectivity index (χ2v) is 10.2. The van der Waals surface area contributed by atoms with Gasteiger partial charge in [0.15, 0.2) is 0 Å². The molecule has 0 atom stereocenters. The fourth-order valence-electron chi connectivity index (χ4n) is 5.06. The van der Waals surface area contributed by atoms with E-state index < -0.39 is 23.5 Å². The molecule has 5 aromatic carbocycles. The molecule has 0 aliphatic carbocycles. The molecular formula is C35H25F2N3O3. The molecule has 8 heteroatoms. The van der Waals surface area contributed by atoms with Gasteiger partial charge in [-0.05, 0) is 69.8 Å². The van der Waals surface area contributed by atoms with E-state index in [1.165, 1.54) is 24.3 Å². The van der Waals surface area contributed by atoms with E-state index in [0.717, 1.165) is 22.8 Å². The van der Waals surface area contributed by atoms with E-state index in [1.807, 2.05) is 54.6 Å². The van der Waals surface area contributed by atoms with Crippen molar-refractivity contribution in [2.45, 2.75) is 13.1 Å². The van der Waals surface area contributed by atoms with Gasteiger partial charge in [0.25, 0.3) is 5.91 Å². The van der Waals surface area contributed by atoms with Gasteiger partial charge in [0.2, 0.25) is 0 Å². The monoisotopic (exact) mass is 573 g/mol. The summed E-state index contributed by atoms with van der Waals surface area (Å²) in [5.41, 5.74) is 5.65. The minimum atomic E-state index is -1.04. The fourth-order valence-corrected chi connectivity index (χ4v) is 5.06. The number of carboxylic acid groups (broad SMARTS) is 1. The summed E-state index contributed by atoms with van der Waals surface area (Å²) >= 11 is 0. The van der Waals surface area contributed by atoms with Crippen molar-refractivity contribution < 1.29 is 23.5 Å². The van der Waals surface area contributed by atoms with Gasteiger partial charge in [-0.3, -0.25) is 9.48 Å². The summed E-state index contributed by atoms with van der Waals surface area (Å²) in [5.74, 6) is -2.89. The lowest BCUT2D eigenvalue weighted by molar-refractivity contribution is 0.0696. The maximum Gasteiger partial charge on any atom is 0.335 e. The Balaban J connectivity index is 1.35. The van der Waals surface area contributed by atoms with Crippen LogP contribution in [0.25, 0.3) is 33.2 Å². The highest BCUT2D eigenvalue weighted by Gasteiger charge is 2.18. The van der Waals surface area contributed by atoms with E-state index >= 15 is 0 Å². The van der Waals surface area contributed by atoms with Gasteiger partial charge in [0.1, 0.15) is 11.6 Å². The molecule has 0 saturated heterocycles. The number of nitrogens with one attached hydrogen (secondary N) is 1. The van der Waals surface area contributed by atoms with Crippen molar-refractivity contribution in [2.75, 3.05) is 0 Å². The number of aromatic nitrogens is 2. The van der Waals surface area contributed by atoms with Crippen molar-refractivity contribution in [3.63, 3.8) is 0 Å². The van der Waals surface area contributed by atoms with Crippen molar-refractivity contribution in [1.82, 2.24) is 15.1 Å². The summed E-state index contributed by atoms with van der Waals surface area (Å²) in [4.78, 5) is 24.8. The molecule has 0 aliphatic rings. The number of nitrogens with zero attached hydrogens (tertiary/aromatic N) is 2. The average molecular weight is 574 g/mol. The van der Waals surface area contributed by atoms with Crippen LogP contribution in [0.1, 0.15) is 31.8 Å². The third-order valence-corrected chi connectivity index (χ3v) is 7.22. The molecule has 43 heavy (non-hydrogen) atoms. The first-order chi connectivity index (χ1) is 20.8. The molecule has 6 rings (SSSR count). The number of carbonyl (C=O) groups excluding carboxylic acids is 1. The Morgan fingerprint density at radius 2 is 1.35 bits per heavy atom. The van der Waals surface area contributed by atoms with Gasteiger partial charge in [0, 0.05) is 18.0 Å². The first-order valence-electron chi connectivity index (χ1n) is 13.5. The van der Waals surface area contributed by atoms with Crippen LogP contribution in [0.3, 0.4) is 0 Å². The molecule has 1 aromatic heterocycles. The van der Waals surface area contributed by atoms with Crippen LogP contribution in [0.4, 0.5) is 8.78 Å². The van der Waals surface area contributed by atoms with Crippen molar-refractivity contribution in [3.8, 4) is 22.3 Å². The summed E-state index contributed by atoms with van der Waals surface area (Å²) in [7, 11) is 0. The molecule has 6 aromatic rings. The van der Waals surface area contributed by atoms with Gasteiger partial charge in [-0.25, -0.2) is 13.6 Å². The van der Waals surface area contributed by atoms with Crippen LogP contribution in [-0.4, -0.2) is 26.8 Å². The van der Waals surface area contributed by atoms with Gasteiger partial charge in [-0.15, -0.1) is 0 Å². The van der Waals surface area contributed by atoms with Gasteiger partial charge in [-0.1, -0.05) is 66.7 Å². The minimum Gasteiger partial charge on any atom is -0.478 e. The number of fused-ring (bicyclic) bond motifs is 1.